The summed E-state index contributed by atoms with van der Waals surface area (Å²) in [6.45, 7) is 2.46. The number of hydrogen-bond donors (Lipinski definition) is 2. The molecule has 7 heteroatoms. The molecule has 1 aliphatic rings. The molecule has 6 nitrogen and oxygen atoms in total. The van der Waals surface area contributed by atoms with Crippen molar-refractivity contribution >= 4 is 5.91 Å². The second-order valence-corrected chi connectivity index (χ2v) is 7.56. The molecule has 0 unspecified atom stereocenters. The number of aromatic nitrogens is 2. The normalized spacial score (nSPS) is 18.9. The average Bonchev–Trinajstić information content (AvgIpc) is 3.27. The van der Waals surface area contributed by atoms with E-state index in [1.807, 2.05) is 43.5 Å². The molecule has 0 spiro atoms. The monoisotopic (exact) mass is 409 g/mol. The summed E-state index contributed by atoms with van der Waals surface area (Å²) in [6, 6.07) is 12.4. The molecule has 30 heavy (non-hydrogen) atoms. The summed E-state index contributed by atoms with van der Waals surface area (Å²) in [5, 5.41) is 16.9. The maximum Gasteiger partial charge on any atom is 0.254 e. The standard InChI is InChI=1S/C23H24FN3O3/c1-15-11-20(24)19(23(29)26-21-7-10-30-14-22(21)28)13-17(15)12-16-3-5-18(6-4-16)27-9-2-8-25-27/h2-6,8-9,11,13,21-22,28H,7,10,12,14H2,1H3,(H,26,29)/t21-,22-/m0/s1. The summed E-state index contributed by atoms with van der Waals surface area (Å²) in [6.07, 6.45) is 3.88. The zero-order valence-electron chi connectivity index (χ0n) is 16.7. The van der Waals surface area contributed by atoms with E-state index in [4.69, 9.17) is 4.74 Å². The SMILES string of the molecule is Cc1cc(F)c(C(=O)N[C@H]2CCOC[C@@H]2O)cc1Cc1ccc(-n2cccn2)cc1. The van der Waals surface area contributed by atoms with E-state index in [0.29, 0.717) is 19.4 Å². The number of amides is 1. The van der Waals surface area contributed by atoms with Crippen LogP contribution < -0.4 is 5.32 Å². The van der Waals surface area contributed by atoms with Gasteiger partial charge in [-0.3, -0.25) is 4.79 Å². The fourth-order valence-electron chi connectivity index (χ4n) is 3.63. The van der Waals surface area contributed by atoms with Gasteiger partial charge < -0.3 is 15.2 Å². The van der Waals surface area contributed by atoms with E-state index in [2.05, 4.69) is 10.4 Å². The molecular formula is C23H24FN3O3. The molecule has 0 aliphatic carbocycles. The van der Waals surface area contributed by atoms with Gasteiger partial charge in [0.05, 0.1) is 30.0 Å². The highest BCUT2D eigenvalue weighted by atomic mass is 19.1. The number of rotatable bonds is 5. The van der Waals surface area contributed by atoms with E-state index < -0.39 is 23.9 Å². The number of ether oxygens (including phenoxy) is 1. The summed E-state index contributed by atoms with van der Waals surface area (Å²) < 4.78 is 21.5. The minimum absolute atomic E-state index is 0.0116. The molecule has 156 valence electrons. The zero-order chi connectivity index (χ0) is 21.1. The molecule has 2 atom stereocenters. The van der Waals surface area contributed by atoms with Crippen molar-refractivity contribution in [2.45, 2.75) is 31.9 Å². The molecule has 2 N–H and O–H groups in total. The number of carbonyl (C=O) groups excluding carboxylic acids is 1. The molecule has 0 bridgehead atoms. The van der Waals surface area contributed by atoms with Crippen LogP contribution in [0.1, 0.15) is 33.5 Å². The number of aliphatic hydroxyl groups excluding tert-OH is 1. The van der Waals surface area contributed by atoms with Gasteiger partial charge in [0, 0.05) is 19.0 Å². The Bertz CT molecular complexity index is 1020. The Morgan fingerprint density at radius 3 is 2.83 bits per heavy atom. The van der Waals surface area contributed by atoms with E-state index in [9.17, 15) is 14.3 Å². The quantitative estimate of drug-likeness (QED) is 0.680. The van der Waals surface area contributed by atoms with Gasteiger partial charge in [0.25, 0.3) is 5.91 Å². The summed E-state index contributed by atoms with van der Waals surface area (Å²) in [5.74, 6) is -1.09. The lowest BCUT2D eigenvalue weighted by molar-refractivity contribution is -0.0261. The first kappa shape index (κ1) is 20.3. The van der Waals surface area contributed by atoms with Crippen molar-refractivity contribution in [2.24, 2.45) is 0 Å². The van der Waals surface area contributed by atoms with Crippen molar-refractivity contribution < 1.29 is 19.0 Å². The minimum atomic E-state index is -0.788. The van der Waals surface area contributed by atoms with Crippen LogP contribution in [0, 0.1) is 12.7 Å². The van der Waals surface area contributed by atoms with Crippen molar-refractivity contribution in [1.82, 2.24) is 15.1 Å². The third-order valence-electron chi connectivity index (χ3n) is 5.41. The smallest absolute Gasteiger partial charge is 0.254 e. The third-order valence-corrected chi connectivity index (χ3v) is 5.41. The van der Waals surface area contributed by atoms with E-state index in [1.54, 1.807) is 16.9 Å². The van der Waals surface area contributed by atoms with Gasteiger partial charge in [-0.05, 0) is 66.8 Å². The molecule has 1 fully saturated rings. The van der Waals surface area contributed by atoms with Crippen LogP contribution in [0.3, 0.4) is 0 Å². The molecule has 2 aromatic carbocycles. The lowest BCUT2D eigenvalue weighted by Gasteiger charge is -2.28. The molecule has 1 aliphatic heterocycles. The summed E-state index contributed by atoms with van der Waals surface area (Å²) in [7, 11) is 0. The van der Waals surface area contributed by atoms with Gasteiger partial charge in [-0.25, -0.2) is 9.07 Å². The number of carbonyl (C=O) groups is 1. The van der Waals surface area contributed by atoms with Gasteiger partial charge in [-0.1, -0.05) is 12.1 Å². The molecule has 2 heterocycles. The Labute approximate surface area is 174 Å². The van der Waals surface area contributed by atoms with Gasteiger partial charge in [0.15, 0.2) is 0 Å². The number of aliphatic hydroxyl groups is 1. The molecule has 1 saturated heterocycles. The second kappa shape index (κ2) is 8.77. The number of halogens is 1. The summed E-state index contributed by atoms with van der Waals surface area (Å²) in [4.78, 5) is 12.7. The first-order valence-electron chi connectivity index (χ1n) is 9.96. The first-order chi connectivity index (χ1) is 14.5. The van der Waals surface area contributed by atoms with Crippen LogP contribution in [0.25, 0.3) is 5.69 Å². The van der Waals surface area contributed by atoms with Crippen molar-refractivity contribution in [1.29, 1.82) is 0 Å². The lowest BCUT2D eigenvalue weighted by atomic mass is 9.97. The second-order valence-electron chi connectivity index (χ2n) is 7.56. The van der Waals surface area contributed by atoms with E-state index in [1.165, 1.54) is 6.07 Å². The first-order valence-corrected chi connectivity index (χ1v) is 9.96. The van der Waals surface area contributed by atoms with Crippen molar-refractivity contribution in [2.75, 3.05) is 13.2 Å². The maximum absolute atomic E-state index is 14.5. The van der Waals surface area contributed by atoms with Crippen LogP contribution in [-0.2, 0) is 11.2 Å². The highest BCUT2D eigenvalue weighted by Gasteiger charge is 2.26. The highest BCUT2D eigenvalue weighted by Crippen LogP contribution is 2.21. The van der Waals surface area contributed by atoms with Crippen LogP contribution in [0.2, 0.25) is 0 Å². The fourth-order valence-corrected chi connectivity index (χ4v) is 3.63. The van der Waals surface area contributed by atoms with Gasteiger partial charge in [0.1, 0.15) is 5.82 Å². The minimum Gasteiger partial charge on any atom is -0.389 e. The fraction of sp³-hybridized carbons (Fsp3) is 0.304. The van der Waals surface area contributed by atoms with Crippen molar-refractivity contribution in [3.63, 3.8) is 0 Å². The number of nitrogens with one attached hydrogen (secondary N) is 1. The Morgan fingerprint density at radius 1 is 1.33 bits per heavy atom. The third kappa shape index (κ3) is 4.42. The Hall–Kier alpha value is -3.03. The Balaban J connectivity index is 1.52. The molecule has 1 amide bonds. The number of benzene rings is 2. The van der Waals surface area contributed by atoms with Crippen LogP contribution in [0.5, 0.6) is 0 Å². The van der Waals surface area contributed by atoms with Gasteiger partial charge >= 0.3 is 0 Å². The van der Waals surface area contributed by atoms with Crippen LogP contribution in [0.15, 0.2) is 54.9 Å². The average molecular weight is 409 g/mol. The molecule has 3 aromatic rings. The van der Waals surface area contributed by atoms with Gasteiger partial charge in [-0.2, -0.15) is 5.10 Å². The van der Waals surface area contributed by atoms with Crippen molar-refractivity contribution in [3.8, 4) is 5.69 Å². The molecular weight excluding hydrogens is 385 g/mol. The molecule has 4 rings (SSSR count). The topological polar surface area (TPSA) is 76.4 Å². The number of hydrogen-bond acceptors (Lipinski definition) is 4. The van der Waals surface area contributed by atoms with Gasteiger partial charge in [-0.15, -0.1) is 0 Å². The molecule has 0 saturated carbocycles. The van der Waals surface area contributed by atoms with Gasteiger partial charge in [0.2, 0.25) is 0 Å². The predicted molar refractivity (Wildman–Crippen MR) is 110 cm³/mol. The largest absolute Gasteiger partial charge is 0.389 e. The lowest BCUT2D eigenvalue weighted by Crippen LogP contribution is -2.48. The van der Waals surface area contributed by atoms with Crippen LogP contribution in [0.4, 0.5) is 4.39 Å². The molecule has 0 radical (unpaired) electrons. The predicted octanol–water partition coefficient (Wildman–Crippen LogP) is 2.79. The summed E-state index contributed by atoms with van der Waals surface area (Å²) in [5.41, 5.74) is 3.65. The van der Waals surface area contributed by atoms with E-state index in [-0.39, 0.29) is 12.2 Å². The molecule has 1 aromatic heterocycles. The number of aryl methyl sites for hydroxylation is 1. The van der Waals surface area contributed by atoms with Crippen LogP contribution >= 0.6 is 0 Å². The Morgan fingerprint density at radius 2 is 2.13 bits per heavy atom. The van der Waals surface area contributed by atoms with Crippen molar-refractivity contribution in [3.05, 3.63) is 82.9 Å². The highest BCUT2D eigenvalue weighted by molar-refractivity contribution is 5.95. The Kier molecular flexibility index (Phi) is 5.92. The summed E-state index contributed by atoms with van der Waals surface area (Å²) >= 11 is 0. The number of nitrogens with zero attached hydrogens (tertiary/aromatic N) is 2. The van der Waals surface area contributed by atoms with E-state index >= 15 is 0 Å². The zero-order valence-corrected chi connectivity index (χ0v) is 16.7. The maximum atomic E-state index is 14.5. The van der Waals surface area contributed by atoms with Crippen LogP contribution in [-0.4, -0.2) is 46.2 Å². The van der Waals surface area contributed by atoms with E-state index in [0.717, 1.165) is 22.4 Å².